The van der Waals surface area contributed by atoms with E-state index >= 15 is 0 Å². The van der Waals surface area contributed by atoms with Crippen LogP contribution in [0.3, 0.4) is 0 Å². The maximum absolute atomic E-state index is 10.4. The van der Waals surface area contributed by atoms with E-state index in [1.807, 2.05) is 26.0 Å². The predicted molar refractivity (Wildman–Crippen MR) is 69.2 cm³/mol. The zero-order valence-corrected chi connectivity index (χ0v) is 11.3. The average Bonchev–Trinajstić information content (AvgIpc) is 2.22. The topological polar surface area (TPSA) is 55.8 Å². The summed E-state index contributed by atoms with van der Waals surface area (Å²) in [7, 11) is 6.00. The molecule has 6 heteroatoms. The Hall–Kier alpha value is -1.33. The van der Waals surface area contributed by atoms with Gasteiger partial charge < -0.3 is 14.4 Å². The van der Waals surface area contributed by atoms with Gasteiger partial charge in [-0.2, -0.15) is 0 Å². The van der Waals surface area contributed by atoms with Crippen molar-refractivity contribution in [2.75, 3.05) is 34.4 Å². The summed E-state index contributed by atoms with van der Waals surface area (Å²) in [6.07, 6.45) is 2.07. The van der Waals surface area contributed by atoms with E-state index in [9.17, 15) is 9.59 Å². The van der Waals surface area contributed by atoms with Gasteiger partial charge in [-0.15, -0.1) is 12.4 Å². The van der Waals surface area contributed by atoms with E-state index in [4.69, 9.17) is 0 Å². The van der Waals surface area contributed by atoms with Crippen LogP contribution in [0.5, 0.6) is 0 Å². The number of nitrogens with zero attached hydrogens (tertiary/aromatic N) is 1. The number of hydrogen-bond acceptors (Lipinski definition) is 5. The minimum Gasteiger partial charge on any atom is -0.459 e. The lowest BCUT2D eigenvalue weighted by Gasteiger charge is -2.01. The SMILES string of the molecule is C=CC(=O)OCCOC(=O)C=C.CN(C)C.Cl. The number of esters is 2. The van der Waals surface area contributed by atoms with E-state index in [0.29, 0.717) is 0 Å². The second kappa shape index (κ2) is 14.7. The van der Waals surface area contributed by atoms with Gasteiger partial charge >= 0.3 is 11.9 Å². The molecule has 0 saturated heterocycles. The Balaban J connectivity index is -0.000000340. The van der Waals surface area contributed by atoms with Gasteiger partial charge in [-0.25, -0.2) is 9.59 Å². The molecule has 0 aromatic rings. The van der Waals surface area contributed by atoms with Crippen LogP contribution in [0.1, 0.15) is 0 Å². The molecule has 0 saturated carbocycles. The first-order valence-corrected chi connectivity index (χ1v) is 4.63. The molecule has 5 nitrogen and oxygen atoms in total. The third kappa shape index (κ3) is 25.2. The molecule has 0 fully saturated rings. The molecular weight excluding hydrogens is 246 g/mol. The first-order chi connectivity index (χ1) is 7.43. The van der Waals surface area contributed by atoms with E-state index in [0.717, 1.165) is 12.2 Å². The lowest BCUT2D eigenvalue weighted by atomic mass is 10.6. The molecule has 0 aliphatic rings. The van der Waals surface area contributed by atoms with Crippen molar-refractivity contribution in [1.29, 1.82) is 0 Å². The second-order valence-corrected chi connectivity index (χ2v) is 3.08. The summed E-state index contributed by atoms with van der Waals surface area (Å²) < 4.78 is 9.04. The Kier molecular flexibility index (Phi) is 18.1. The Labute approximate surface area is 108 Å². The zero-order chi connectivity index (χ0) is 13.0. The summed E-state index contributed by atoms with van der Waals surface area (Å²) in [6.45, 7) is 6.45. The molecule has 0 amide bonds. The van der Waals surface area contributed by atoms with Crippen LogP contribution in [0.2, 0.25) is 0 Å². The lowest BCUT2D eigenvalue weighted by Crippen LogP contribution is -2.10. The molecule has 17 heavy (non-hydrogen) atoms. The Morgan fingerprint density at radius 1 is 1.00 bits per heavy atom. The molecule has 0 N–H and O–H groups in total. The number of rotatable bonds is 5. The smallest absolute Gasteiger partial charge is 0.330 e. The van der Waals surface area contributed by atoms with E-state index in [1.165, 1.54) is 0 Å². The molecule has 0 radical (unpaired) electrons. The number of carbonyl (C=O) groups excluding carboxylic acids is 2. The zero-order valence-electron chi connectivity index (χ0n) is 10.5. The van der Waals surface area contributed by atoms with Crippen molar-refractivity contribution >= 4 is 24.3 Å². The maximum atomic E-state index is 10.4. The van der Waals surface area contributed by atoms with Crippen LogP contribution in [0.4, 0.5) is 0 Å². The first kappa shape index (κ1) is 21.0. The second-order valence-electron chi connectivity index (χ2n) is 3.08. The summed E-state index contributed by atoms with van der Waals surface area (Å²) in [5, 5.41) is 0. The minimum absolute atomic E-state index is 0. The molecule has 0 aromatic carbocycles. The fourth-order valence-electron chi connectivity index (χ4n) is 0.402. The molecule has 0 aliphatic heterocycles. The Morgan fingerprint density at radius 2 is 1.24 bits per heavy atom. The van der Waals surface area contributed by atoms with Gasteiger partial charge in [0.2, 0.25) is 0 Å². The summed E-state index contributed by atoms with van der Waals surface area (Å²) in [5.74, 6) is -1.07. The molecule has 0 aliphatic carbocycles. The number of hydrogen-bond donors (Lipinski definition) is 0. The van der Waals surface area contributed by atoms with Gasteiger partial charge in [-0.05, 0) is 21.1 Å². The summed E-state index contributed by atoms with van der Waals surface area (Å²) in [6, 6.07) is 0. The maximum Gasteiger partial charge on any atom is 0.330 e. The molecule has 0 rings (SSSR count). The van der Waals surface area contributed by atoms with Crippen molar-refractivity contribution in [1.82, 2.24) is 4.90 Å². The number of carbonyl (C=O) groups is 2. The molecule has 0 atom stereocenters. The standard InChI is InChI=1S/C8H10O4.C3H9N.ClH/c1-3-7(9)11-5-6-12-8(10)4-2;1-4(2)3;/h3-4H,1-2,5-6H2;1-3H3;1H. The highest BCUT2D eigenvalue weighted by Gasteiger charge is 1.97. The van der Waals surface area contributed by atoms with Crippen molar-refractivity contribution in [2.24, 2.45) is 0 Å². The highest BCUT2D eigenvalue weighted by molar-refractivity contribution is 5.85. The van der Waals surface area contributed by atoms with Gasteiger partial charge in [0.05, 0.1) is 0 Å². The van der Waals surface area contributed by atoms with Gasteiger partial charge in [0.25, 0.3) is 0 Å². The quantitative estimate of drug-likeness (QED) is 0.422. The van der Waals surface area contributed by atoms with Crippen molar-refractivity contribution in [3.05, 3.63) is 25.3 Å². The van der Waals surface area contributed by atoms with Crippen LogP contribution < -0.4 is 0 Å². The lowest BCUT2D eigenvalue weighted by molar-refractivity contribution is -0.146. The number of ether oxygens (including phenoxy) is 2. The highest BCUT2D eigenvalue weighted by atomic mass is 35.5. The third-order valence-electron chi connectivity index (χ3n) is 0.905. The molecule has 0 unspecified atom stereocenters. The van der Waals surface area contributed by atoms with Crippen molar-refractivity contribution < 1.29 is 19.1 Å². The van der Waals surface area contributed by atoms with Crippen LogP contribution in [0, 0.1) is 0 Å². The molecule has 0 heterocycles. The van der Waals surface area contributed by atoms with Crippen molar-refractivity contribution in [3.63, 3.8) is 0 Å². The fraction of sp³-hybridized carbons (Fsp3) is 0.455. The van der Waals surface area contributed by atoms with Gasteiger partial charge in [0, 0.05) is 12.2 Å². The van der Waals surface area contributed by atoms with Crippen LogP contribution in [-0.4, -0.2) is 51.2 Å². The molecule has 100 valence electrons. The first-order valence-electron chi connectivity index (χ1n) is 4.63. The van der Waals surface area contributed by atoms with Crippen LogP contribution in [-0.2, 0) is 19.1 Å². The molecule has 0 bridgehead atoms. The normalized spacial score (nSPS) is 8.00. The predicted octanol–water partition coefficient (Wildman–Crippen LogP) is 1.04. The van der Waals surface area contributed by atoms with E-state index < -0.39 is 11.9 Å². The van der Waals surface area contributed by atoms with Crippen molar-refractivity contribution in [2.45, 2.75) is 0 Å². The average molecular weight is 266 g/mol. The molecule has 0 spiro atoms. The largest absolute Gasteiger partial charge is 0.459 e. The van der Waals surface area contributed by atoms with Gasteiger partial charge in [0.15, 0.2) is 0 Å². The summed E-state index contributed by atoms with van der Waals surface area (Å²) in [4.78, 5) is 22.9. The summed E-state index contributed by atoms with van der Waals surface area (Å²) in [5.41, 5.74) is 0. The Bertz CT molecular complexity index is 217. The fourth-order valence-corrected chi connectivity index (χ4v) is 0.402. The highest BCUT2D eigenvalue weighted by Crippen LogP contribution is 1.82. The van der Waals surface area contributed by atoms with Gasteiger partial charge in [-0.1, -0.05) is 13.2 Å². The molecular formula is C11H20ClNO4. The minimum atomic E-state index is -0.537. The Morgan fingerprint density at radius 3 is 1.41 bits per heavy atom. The summed E-state index contributed by atoms with van der Waals surface area (Å²) >= 11 is 0. The van der Waals surface area contributed by atoms with Gasteiger partial charge in [0.1, 0.15) is 13.2 Å². The van der Waals surface area contributed by atoms with E-state index in [1.54, 1.807) is 0 Å². The van der Waals surface area contributed by atoms with Gasteiger partial charge in [-0.3, -0.25) is 0 Å². The van der Waals surface area contributed by atoms with Crippen LogP contribution in [0.15, 0.2) is 25.3 Å². The number of halogens is 1. The third-order valence-corrected chi connectivity index (χ3v) is 0.905. The monoisotopic (exact) mass is 265 g/mol. The van der Waals surface area contributed by atoms with Crippen LogP contribution in [0.25, 0.3) is 0 Å². The van der Waals surface area contributed by atoms with Crippen LogP contribution >= 0.6 is 12.4 Å². The van der Waals surface area contributed by atoms with E-state index in [-0.39, 0.29) is 25.6 Å². The van der Waals surface area contributed by atoms with Crippen molar-refractivity contribution in [3.8, 4) is 0 Å². The molecule has 0 aromatic heterocycles. The van der Waals surface area contributed by atoms with E-state index in [2.05, 4.69) is 22.6 Å².